The molecular formula is C11H18N4O2. The van der Waals surface area contributed by atoms with Gasteiger partial charge >= 0.3 is 0 Å². The summed E-state index contributed by atoms with van der Waals surface area (Å²) in [5.74, 6) is 2.05. The van der Waals surface area contributed by atoms with Crippen LogP contribution >= 0.6 is 0 Å². The van der Waals surface area contributed by atoms with E-state index in [0.29, 0.717) is 23.6 Å². The molecule has 0 amide bonds. The van der Waals surface area contributed by atoms with Crippen molar-refractivity contribution in [3.8, 4) is 11.8 Å². The van der Waals surface area contributed by atoms with E-state index in [2.05, 4.69) is 21.8 Å². The molecule has 6 nitrogen and oxygen atoms in total. The van der Waals surface area contributed by atoms with E-state index >= 15 is 0 Å². The van der Waals surface area contributed by atoms with Crippen molar-refractivity contribution >= 4 is 5.95 Å². The Morgan fingerprint density at radius 2 is 1.82 bits per heavy atom. The number of anilines is 1. The smallest absolute Gasteiger partial charge is 0.232 e. The van der Waals surface area contributed by atoms with Gasteiger partial charge in [0.25, 0.3) is 0 Å². The first kappa shape index (κ1) is 11.9. The molecular weight excluding hydrogens is 220 g/mol. The van der Waals surface area contributed by atoms with Gasteiger partial charge in [-0.05, 0) is 5.92 Å². The first-order valence-electron chi connectivity index (χ1n) is 5.61. The fourth-order valence-electron chi connectivity index (χ4n) is 1.90. The molecule has 2 rings (SSSR count). The highest BCUT2D eigenvalue weighted by molar-refractivity contribution is 5.38. The number of ether oxygens (including phenoxy) is 2. The zero-order chi connectivity index (χ0) is 12.4. The lowest BCUT2D eigenvalue weighted by molar-refractivity contribution is 0.372. The lowest BCUT2D eigenvalue weighted by Gasteiger charge is -2.16. The van der Waals surface area contributed by atoms with Crippen LogP contribution in [0.2, 0.25) is 0 Å². The average Bonchev–Trinajstić information content (AvgIpc) is 2.69. The van der Waals surface area contributed by atoms with Gasteiger partial charge in [-0.2, -0.15) is 9.97 Å². The van der Waals surface area contributed by atoms with E-state index in [1.807, 2.05) is 0 Å². The number of nitrogens with two attached hydrogens (primary N) is 1. The molecule has 2 N–H and O–H groups in total. The van der Waals surface area contributed by atoms with Gasteiger partial charge in [0, 0.05) is 19.1 Å². The fourth-order valence-corrected chi connectivity index (χ4v) is 1.90. The van der Waals surface area contributed by atoms with Crippen LogP contribution in [-0.4, -0.2) is 43.3 Å². The van der Waals surface area contributed by atoms with Crippen LogP contribution in [0.25, 0.3) is 0 Å². The van der Waals surface area contributed by atoms with E-state index in [1.54, 1.807) is 20.3 Å². The van der Waals surface area contributed by atoms with Gasteiger partial charge in [0.05, 0.1) is 20.3 Å². The average molecular weight is 238 g/mol. The molecule has 1 aromatic heterocycles. The number of nitrogens with zero attached hydrogens (tertiary/aromatic N) is 3. The maximum atomic E-state index is 5.99. The predicted octanol–water partition coefficient (Wildman–Crippen LogP) is 0.277. The third kappa shape index (κ3) is 2.41. The first-order chi connectivity index (χ1) is 8.13. The van der Waals surface area contributed by atoms with Crippen molar-refractivity contribution in [2.45, 2.75) is 13.0 Å². The highest BCUT2D eigenvalue weighted by Crippen LogP contribution is 2.24. The second kappa shape index (κ2) is 4.75. The van der Waals surface area contributed by atoms with E-state index in [1.165, 1.54) is 0 Å². The predicted molar refractivity (Wildman–Crippen MR) is 64.5 cm³/mol. The van der Waals surface area contributed by atoms with Gasteiger partial charge in [-0.3, -0.25) is 0 Å². The molecule has 1 fully saturated rings. The van der Waals surface area contributed by atoms with Crippen molar-refractivity contribution in [3.05, 3.63) is 6.07 Å². The van der Waals surface area contributed by atoms with Gasteiger partial charge in [0.2, 0.25) is 17.7 Å². The summed E-state index contributed by atoms with van der Waals surface area (Å²) in [5.41, 5.74) is 5.99. The third-order valence-corrected chi connectivity index (χ3v) is 3.04. The minimum atomic E-state index is 0.163. The zero-order valence-corrected chi connectivity index (χ0v) is 10.4. The van der Waals surface area contributed by atoms with E-state index in [0.717, 1.165) is 13.1 Å². The summed E-state index contributed by atoms with van der Waals surface area (Å²) < 4.78 is 10.2. The van der Waals surface area contributed by atoms with Crippen molar-refractivity contribution in [1.29, 1.82) is 0 Å². The van der Waals surface area contributed by atoms with Crippen molar-refractivity contribution in [2.24, 2.45) is 11.7 Å². The second-order valence-electron chi connectivity index (χ2n) is 4.30. The van der Waals surface area contributed by atoms with Gasteiger partial charge in [0.15, 0.2) is 0 Å². The largest absolute Gasteiger partial charge is 0.481 e. The van der Waals surface area contributed by atoms with Crippen molar-refractivity contribution in [1.82, 2.24) is 9.97 Å². The van der Waals surface area contributed by atoms with E-state index in [9.17, 15) is 0 Å². The Balaban J connectivity index is 2.26. The van der Waals surface area contributed by atoms with Crippen LogP contribution in [0.5, 0.6) is 11.8 Å². The van der Waals surface area contributed by atoms with Crippen molar-refractivity contribution < 1.29 is 9.47 Å². The third-order valence-electron chi connectivity index (χ3n) is 3.04. The summed E-state index contributed by atoms with van der Waals surface area (Å²) >= 11 is 0. The second-order valence-corrected chi connectivity index (χ2v) is 4.30. The molecule has 1 saturated heterocycles. The van der Waals surface area contributed by atoms with Crippen LogP contribution in [-0.2, 0) is 0 Å². The normalized spacial score (nSPS) is 23.9. The molecule has 0 spiro atoms. The van der Waals surface area contributed by atoms with Crippen LogP contribution in [0.3, 0.4) is 0 Å². The minimum absolute atomic E-state index is 0.163. The quantitative estimate of drug-likeness (QED) is 0.815. The van der Waals surface area contributed by atoms with E-state index in [4.69, 9.17) is 15.2 Å². The van der Waals surface area contributed by atoms with E-state index in [-0.39, 0.29) is 6.04 Å². The zero-order valence-electron chi connectivity index (χ0n) is 10.4. The molecule has 2 unspecified atom stereocenters. The molecule has 2 heterocycles. The summed E-state index contributed by atoms with van der Waals surface area (Å²) in [4.78, 5) is 10.7. The monoisotopic (exact) mass is 238 g/mol. The van der Waals surface area contributed by atoms with E-state index < -0.39 is 0 Å². The molecule has 0 radical (unpaired) electrons. The molecule has 6 heteroatoms. The van der Waals surface area contributed by atoms with Gasteiger partial charge < -0.3 is 20.1 Å². The topological polar surface area (TPSA) is 73.5 Å². The van der Waals surface area contributed by atoms with Crippen LogP contribution in [0.15, 0.2) is 6.07 Å². The van der Waals surface area contributed by atoms with Gasteiger partial charge in [0.1, 0.15) is 0 Å². The standard InChI is InChI=1S/C11H18N4O2/c1-7-5-15(6-8(7)12)11-13-9(16-2)4-10(14-11)17-3/h4,7-8H,5-6,12H2,1-3H3. The molecule has 0 aliphatic carbocycles. The first-order valence-corrected chi connectivity index (χ1v) is 5.61. The minimum Gasteiger partial charge on any atom is -0.481 e. The lowest BCUT2D eigenvalue weighted by Crippen LogP contribution is -2.29. The Morgan fingerprint density at radius 1 is 1.24 bits per heavy atom. The Hall–Kier alpha value is -1.56. The summed E-state index contributed by atoms with van der Waals surface area (Å²) in [6.07, 6.45) is 0. The van der Waals surface area contributed by atoms with Gasteiger partial charge in [-0.15, -0.1) is 0 Å². The highest BCUT2D eigenvalue weighted by Gasteiger charge is 2.28. The highest BCUT2D eigenvalue weighted by atomic mass is 16.5. The lowest BCUT2D eigenvalue weighted by atomic mass is 10.1. The molecule has 0 aromatic carbocycles. The summed E-state index contributed by atoms with van der Waals surface area (Å²) in [7, 11) is 3.15. The van der Waals surface area contributed by atoms with Crippen molar-refractivity contribution in [3.63, 3.8) is 0 Å². The maximum Gasteiger partial charge on any atom is 0.232 e. The number of methoxy groups -OCH3 is 2. The van der Waals surface area contributed by atoms with Crippen LogP contribution in [0.1, 0.15) is 6.92 Å². The Labute approximate surface area is 101 Å². The maximum absolute atomic E-state index is 5.99. The molecule has 1 aromatic rings. The Morgan fingerprint density at radius 3 is 2.24 bits per heavy atom. The number of aromatic nitrogens is 2. The van der Waals surface area contributed by atoms with Crippen LogP contribution in [0.4, 0.5) is 5.95 Å². The molecule has 1 aliphatic rings. The Kier molecular flexibility index (Phi) is 3.33. The molecule has 17 heavy (non-hydrogen) atoms. The fraction of sp³-hybridized carbons (Fsp3) is 0.636. The Bertz CT molecular complexity index is 367. The molecule has 0 bridgehead atoms. The summed E-state index contributed by atoms with van der Waals surface area (Å²) in [5, 5.41) is 0. The SMILES string of the molecule is COc1cc(OC)nc(N2CC(C)C(N)C2)n1. The number of hydrogen-bond donors (Lipinski definition) is 1. The number of hydrogen-bond acceptors (Lipinski definition) is 6. The van der Waals surface area contributed by atoms with Crippen LogP contribution < -0.4 is 20.1 Å². The summed E-state index contributed by atoms with van der Waals surface area (Å²) in [6.45, 7) is 3.75. The molecule has 1 aliphatic heterocycles. The van der Waals surface area contributed by atoms with Crippen LogP contribution in [0, 0.1) is 5.92 Å². The number of rotatable bonds is 3. The van der Waals surface area contributed by atoms with Gasteiger partial charge in [-0.1, -0.05) is 6.92 Å². The molecule has 0 saturated carbocycles. The van der Waals surface area contributed by atoms with Gasteiger partial charge in [-0.25, -0.2) is 0 Å². The molecule has 94 valence electrons. The van der Waals surface area contributed by atoms with Crippen molar-refractivity contribution in [2.75, 3.05) is 32.2 Å². The molecule has 2 atom stereocenters. The summed E-state index contributed by atoms with van der Waals surface area (Å²) in [6, 6.07) is 1.82.